The van der Waals surface area contributed by atoms with E-state index in [4.69, 9.17) is 9.84 Å². The average molecular weight is 394 g/mol. The van der Waals surface area contributed by atoms with E-state index < -0.39 is 0 Å². The van der Waals surface area contributed by atoms with Crippen LogP contribution in [0.3, 0.4) is 0 Å². The summed E-state index contributed by atoms with van der Waals surface area (Å²) >= 11 is 0. The standard InChI is InChI=1S/C22H26N4O3/c1-3-29-21-12-19-15(13-26(25-19)16-7-9-17(27)10-8-16)11-20(21)24-22(28)18-6-4-5-14(2)23-18/h4-6,11-13,16-17,27H,3,7-10H2,1-2H3,(H,24,28)/t16-,17-. The molecule has 29 heavy (non-hydrogen) atoms. The van der Waals surface area contributed by atoms with Gasteiger partial charge in [-0.05, 0) is 57.7 Å². The highest BCUT2D eigenvalue weighted by atomic mass is 16.5. The Labute approximate surface area is 169 Å². The molecule has 0 radical (unpaired) electrons. The van der Waals surface area contributed by atoms with Crippen molar-refractivity contribution in [3.8, 4) is 5.75 Å². The third-order valence-electron chi connectivity index (χ3n) is 5.33. The van der Waals surface area contributed by atoms with Crippen LogP contribution in [-0.4, -0.2) is 38.5 Å². The van der Waals surface area contributed by atoms with Gasteiger partial charge in [0, 0.05) is 23.3 Å². The number of carbonyl (C=O) groups excluding carboxylic acids is 1. The van der Waals surface area contributed by atoms with Gasteiger partial charge >= 0.3 is 0 Å². The highest BCUT2D eigenvalue weighted by Crippen LogP contribution is 2.33. The van der Waals surface area contributed by atoms with Gasteiger partial charge in [0.2, 0.25) is 0 Å². The zero-order valence-electron chi connectivity index (χ0n) is 16.8. The zero-order valence-corrected chi connectivity index (χ0v) is 16.8. The van der Waals surface area contributed by atoms with Crippen LogP contribution in [0.5, 0.6) is 5.75 Å². The van der Waals surface area contributed by atoms with E-state index in [9.17, 15) is 9.90 Å². The van der Waals surface area contributed by atoms with Crippen LogP contribution in [0.25, 0.3) is 10.9 Å². The quantitative estimate of drug-likeness (QED) is 0.686. The number of anilines is 1. The van der Waals surface area contributed by atoms with Crippen molar-refractivity contribution >= 4 is 22.5 Å². The van der Waals surface area contributed by atoms with Crippen molar-refractivity contribution in [1.82, 2.24) is 14.8 Å². The number of aromatic nitrogens is 3. The molecular weight excluding hydrogens is 368 g/mol. The van der Waals surface area contributed by atoms with E-state index in [0.717, 1.165) is 42.3 Å². The number of aliphatic hydroxyl groups is 1. The zero-order chi connectivity index (χ0) is 20.4. The van der Waals surface area contributed by atoms with Gasteiger partial charge in [-0.2, -0.15) is 5.10 Å². The molecule has 1 saturated carbocycles. The number of aliphatic hydroxyl groups excluding tert-OH is 1. The van der Waals surface area contributed by atoms with Crippen LogP contribution >= 0.6 is 0 Å². The smallest absolute Gasteiger partial charge is 0.274 e. The number of amides is 1. The number of nitrogens with one attached hydrogen (secondary N) is 1. The van der Waals surface area contributed by atoms with Crippen LogP contribution in [0.15, 0.2) is 36.5 Å². The van der Waals surface area contributed by atoms with E-state index in [1.807, 2.05) is 49.0 Å². The van der Waals surface area contributed by atoms with Crippen molar-refractivity contribution in [1.29, 1.82) is 0 Å². The minimum atomic E-state index is -0.275. The molecule has 152 valence electrons. The van der Waals surface area contributed by atoms with Crippen LogP contribution in [0.2, 0.25) is 0 Å². The summed E-state index contributed by atoms with van der Waals surface area (Å²) in [6.45, 7) is 4.25. The molecule has 1 aliphatic rings. The Morgan fingerprint density at radius 3 is 2.79 bits per heavy atom. The van der Waals surface area contributed by atoms with Crippen molar-refractivity contribution in [2.45, 2.75) is 51.7 Å². The second kappa shape index (κ2) is 8.21. The fourth-order valence-corrected chi connectivity index (χ4v) is 3.81. The van der Waals surface area contributed by atoms with E-state index in [2.05, 4.69) is 10.3 Å². The molecule has 3 aromatic rings. The molecule has 1 fully saturated rings. The Bertz CT molecular complexity index is 1020. The number of nitrogens with zero attached hydrogens (tertiary/aromatic N) is 3. The molecule has 0 aliphatic heterocycles. The Morgan fingerprint density at radius 2 is 2.07 bits per heavy atom. The maximum Gasteiger partial charge on any atom is 0.274 e. The van der Waals surface area contributed by atoms with E-state index in [1.54, 1.807) is 6.07 Å². The van der Waals surface area contributed by atoms with Gasteiger partial charge in [0.15, 0.2) is 0 Å². The number of fused-ring (bicyclic) bond motifs is 1. The highest BCUT2D eigenvalue weighted by molar-refractivity contribution is 6.05. The Hall–Kier alpha value is -2.93. The summed E-state index contributed by atoms with van der Waals surface area (Å²) in [5, 5.41) is 18.3. The summed E-state index contributed by atoms with van der Waals surface area (Å²) in [5.41, 5.74) is 2.58. The molecule has 2 heterocycles. The maximum absolute atomic E-state index is 12.7. The summed E-state index contributed by atoms with van der Waals surface area (Å²) in [5.74, 6) is 0.313. The lowest BCUT2D eigenvalue weighted by atomic mass is 9.93. The number of carbonyl (C=O) groups is 1. The molecule has 0 atom stereocenters. The molecule has 2 N–H and O–H groups in total. The van der Waals surface area contributed by atoms with E-state index in [-0.39, 0.29) is 18.1 Å². The predicted molar refractivity (Wildman–Crippen MR) is 111 cm³/mol. The molecule has 1 aliphatic carbocycles. The summed E-state index contributed by atoms with van der Waals surface area (Å²) in [7, 11) is 0. The van der Waals surface area contributed by atoms with E-state index in [0.29, 0.717) is 23.7 Å². The molecule has 0 unspecified atom stereocenters. The Balaban J connectivity index is 1.63. The van der Waals surface area contributed by atoms with Gasteiger partial charge in [0.1, 0.15) is 11.4 Å². The number of benzene rings is 1. The summed E-state index contributed by atoms with van der Waals surface area (Å²) in [6, 6.07) is 9.41. The molecule has 0 spiro atoms. The first-order valence-corrected chi connectivity index (χ1v) is 10.1. The topological polar surface area (TPSA) is 89.3 Å². The lowest BCUT2D eigenvalue weighted by Gasteiger charge is -2.25. The Morgan fingerprint density at radius 1 is 1.28 bits per heavy atom. The summed E-state index contributed by atoms with van der Waals surface area (Å²) in [6.07, 6.45) is 5.24. The summed E-state index contributed by atoms with van der Waals surface area (Å²) < 4.78 is 7.74. The van der Waals surface area contributed by atoms with Crippen molar-refractivity contribution in [2.24, 2.45) is 0 Å². The predicted octanol–water partition coefficient (Wildman–Crippen LogP) is 3.87. The van der Waals surface area contributed by atoms with Crippen LogP contribution in [0.4, 0.5) is 5.69 Å². The second-order valence-corrected chi connectivity index (χ2v) is 7.53. The molecule has 1 aromatic carbocycles. The number of hydrogen-bond donors (Lipinski definition) is 2. The lowest BCUT2D eigenvalue weighted by Crippen LogP contribution is -2.21. The van der Waals surface area contributed by atoms with Gasteiger partial charge in [0.25, 0.3) is 5.91 Å². The van der Waals surface area contributed by atoms with Crippen LogP contribution < -0.4 is 10.1 Å². The largest absolute Gasteiger partial charge is 0.492 e. The van der Waals surface area contributed by atoms with Crippen molar-refractivity contribution in [3.63, 3.8) is 0 Å². The minimum Gasteiger partial charge on any atom is -0.492 e. The van der Waals surface area contributed by atoms with Gasteiger partial charge in [-0.15, -0.1) is 0 Å². The molecule has 4 rings (SSSR count). The van der Waals surface area contributed by atoms with Gasteiger partial charge in [0.05, 0.1) is 30.0 Å². The Kier molecular flexibility index (Phi) is 5.49. The van der Waals surface area contributed by atoms with Crippen molar-refractivity contribution < 1.29 is 14.6 Å². The molecule has 0 bridgehead atoms. The summed E-state index contributed by atoms with van der Waals surface area (Å²) in [4.78, 5) is 17.0. The average Bonchev–Trinajstić information content (AvgIpc) is 3.11. The van der Waals surface area contributed by atoms with E-state index >= 15 is 0 Å². The normalized spacial score (nSPS) is 19.3. The molecular formula is C22H26N4O3. The van der Waals surface area contributed by atoms with Crippen LogP contribution in [0, 0.1) is 6.92 Å². The third-order valence-corrected chi connectivity index (χ3v) is 5.33. The number of hydrogen-bond acceptors (Lipinski definition) is 5. The van der Waals surface area contributed by atoms with Gasteiger partial charge in [-0.25, -0.2) is 4.98 Å². The van der Waals surface area contributed by atoms with Crippen molar-refractivity contribution in [3.05, 3.63) is 47.9 Å². The highest BCUT2D eigenvalue weighted by Gasteiger charge is 2.22. The maximum atomic E-state index is 12.7. The van der Waals surface area contributed by atoms with Gasteiger partial charge in [-0.1, -0.05) is 6.07 Å². The van der Waals surface area contributed by atoms with Gasteiger partial charge in [-0.3, -0.25) is 9.48 Å². The SMILES string of the molecule is CCOc1cc2nn([C@H]3CC[C@H](O)CC3)cc2cc1NC(=O)c1cccc(C)n1. The molecule has 2 aromatic heterocycles. The van der Waals surface area contributed by atoms with Crippen LogP contribution in [-0.2, 0) is 0 Å². The monoisotopic (exact) mass is 394 g/mol. The van der Waals surface area contributed by atoms with Crippen molar-refractivity contribution in [2.75, 3.05) is 11.9 Å². The number of rotatable bonds is 5. The first-order chi connectivity index (χ1) is 14.0. The number of aryl methyl sites for hydroxylation is 1. The van der Waals surface area contributed by atoms with Gasteiger partial charge < -0.3 is 15.2 Å². The first-order valence-electron chi connectivity index (χ1n) is 10.1. The third kappa shape index (κ3) is 4.24. The molecule has 7 heteroatoms. The van der Waals surface area contributed by atoms with Crippen LogP contribution in [0.1, 0.15) is 54.8 Å². The number of ether oxygens (including phenoxy) is 1. The number of pyridine rings is 1. The molecule has 0 saturated heterocycles. The molecule has 1 amide bonds. The minimum absolute atomic E-state index is 0.196. The second-order valence-electron chi connectivity index (χ2n) is 7.53. The first kappa shape index (κ1) is 19.4. The fourth-order valence-electron chi connectivity index (χ4n) is 3.81. The lowest BCUT2D eigenvalue weighted by molar-refractivity contribution is 0.102. The fraction of sp³-hybridized carbons (Fsp3) is 0.409. The molecule has 7 nitrogen and oxygen atoms in total. The van der Waals surface area contributed by atoms with E-state index in [1.165, 1.54) is 0 Å².